The fourth-order valence-corrected chi connectivity index (χ4v) is 1.25. The first kappa shape index (κ1) is 10.2. The SMILES string of the molecule is CC(=O)N(C(C)=O)c1ccccc1N. The first-order valence-electron chi connectivity index (χ1n) is 4.20. The van der Waals surface area contributed by atoms with Gasteiger partial charge in [0.2, 0.25) is 11.8 Å². The van der Waals surface area contributed by atoms with Crippen LogP contribution in [0, 0.1) is 0 Å². The van der Waals surface area contributed by atoms with Crippen LogP contribution in [0.25, 0.3) is 0 Å². The molecule has 0 saturated carbocycles. The third-order valence-corrected chi connectivity index (χ3v) is 1.81. The van der Waals surface area contributed by atoms with E-state index in [2.05, 4.69) is 0 Å². The second-order valence-corrected chi connectivity index (χ2v) is 2.93. The molecule has 2 N–H and O–H groups in total. The number of benzene rings is 1. The predicted octanol–water partition coefficient (Wildman–Crippen LogP) is 1.17. The molecule has 1 rings (SSSR count). The summed E-state index contributed by atoms with van der Waals surface area (Å²) in [5, 5.41) is 0. The summed E-state index contributed by atoms with van der Waals surface area (Å²) in [6.07, 6.45) is 0. The smallest absolute Gasteiger partial charge is 0.230 e. The zero-order valence-corrected chi connectivity index (χ0v) is 8.15. The number of nitrogen functional groups attached to an aromatic ring is 1. The molecule has 0 radical (unpaired) electrons. The van der Waals surface area contributed by atoms with Crippen molar-refractivity contribution >= 4 is 23.2 Å². The van der Waals surface area contributed by atoms with Gasteiger partial charge in [0.15, 0.2) is 0 Å². The lowest BCUT2D eigenvalue weighted by Crippen LogP contribution is -2.33. The quantitative estimate of drug-likeness (QED) is 0.679. The second kappa shape index (κ2) is 3.91. The number of hydrogen-bond donors (Lipinski definition) is 1. The van der Waals surface area contributed by atoms with Gasteiger partial charge in [-0.1, -0.05) is 12.1 Å². The highest BCUT2D eigenvalue weighted by atomic mass is 16.2. The van der Waals surface area contributed by atoms with Crippen molar-refractivity contribution < 1.29 is 9.59 Å². The lowest BCUT2D eigenvalue weighted by atomic mass is 10.2. The summed E-state index contributed by atoms with van der Waals surface area (Å²) in [7, 11) is 0. The molecule has 0 unspecified atom stereocenters. The summed E-state index contributed by atoms with van der Waals surface area (Å²) in [6.45, 7) is 2.65. The largest absolute Gasteiger partial charge is 0.397 e. The van der Waals surface area contributed by atoms with Gasteiger partial charge in [-0.2, -0.15) is 0 Å². The first-order chi connectivity index (χ1) is 6.54. The minimum Gasteiger partial charge on any atom is -0.397 e. The summed E-state index contributed by atoms with van der Waals surface area (Å²) in [5.41, 5.74) is 6.50. The third-order valence-electron chi connectivity index (χ3n) is 1.81. The Bertz CT molecular complexity index is 360. The van der Waals surface area contributed by atoms with E-state index in [1.54, 1.807) is 24.3 Å². The zero-order valence-electron chi connectivity index (χ0n) is 8.15. The monoisotopic (exact) mass is 192 g/mol. The molecule has 1 aromatic rings. The van der Waals surface area contributed by atoms with Gasteiger partial charge in [-0.3, -0.25) is 9.59 Å². The number of carbonyl (C=O) groups excluding carboxylic acids is 2. The van der Waals surface area contributed by atoms with E-state index in [4.69, 9.17) is 5.73 Å². The van der Waals surface area contributed by atoms with Crippen molar-refractivity contribution in [3.63, 3.8) is 0 Å². The molecule has 0 fully saturated rings. The molecule has 14 heavy (non-hydrogen) atoms. The molecule has 1 aromatic carbocycles. The maximum absolute atomic E-state index is 11.2. The molecular weight excluding hydrogens is 180 g/mol. The van der Waals surface area contributed by atoms with E-state index >= 15 is 0 Å². The van der Waals surface area contributed by atoms with Gasteiger partial charge in [0.25, 0.3) is 0 Å². The fourth-order valence-electron chi connectivity index (χ4n) is 1.25. The lowest BCUT2D eigenvalue weighted by Gasteiger charge is -2.18. The minimum atomic E-state index is -0.338. The maximum atomic E-state index is 11.2. The Hall–Kier alpha value is -1.84. The maximum Gasteiger partial charge on any atom is 0.230 e. The molecule has 0 bridgehead atoms. The molecule has 4 nitrogen and oxygen atoms in total. The molecule has 0 saturated heterocycles. The van der Waals surface area contributed by atoms with Gasteiger partial charge < -0.3 is 5.73 Å². The van der Waals surface area contributed by atoms with Crippen molar-refractivity contribution in [1.29, 1.82) is 0 Å². The van der Waals surface area contributed by atoms with Gasteiger partial charge in [-0.25, -0.2) is 4.90 Å². The second-order valence-electron chi connectivity index (χ2n) is 2.93. The number of carbonyl (C=O) groups is 2. The standard InChI is InChI=1S/C10H12N2O2/c1-7(13)12(8(2)14)10-6-4-3-5-9(10)11/h3-6H,11H2,1-2H3. The van der Waals surface area contributed by atoms with E-state index in [1.165, 1.54) is 13.8 Å². The van der Waals surface area contributed by atoms with Crippen LogP contribution >= 0.6 is 0 Å². The van der Waals surface area contributed by atoms with E-state index in [-0.39, 0.29) is 11.8 Å². The minimum absolute atomic E-state index is 0.338. The number of hydrogen-bond acceptors (Lipinski definition) is 3. The van der Waals surface area contributed by atoms with Crippen molar-refractivity contribution in [3.8, 4) is 0 Å². The van der Waals surface area contributed by atoms with Gasteiger partial charge >= 0.3 is 0 Å². The predicted molar refractivity (Wildman–Crippen MR) is 54.7 cm³/mol. The molecule has 0 aliphatic heterocycles. The number of imide groups is 1. The Morgan fingerprint density at radius 3 is 2.07 bits per heavy atom. The van der Waals surface area contributed by atoms with Crippen LogP contribution < -0.4 is 10.6 Å². The Morgan fingerprint density at radius 1 is 1.14 bits per heavy atom. The van der Waals surface area contributed by atoms with Gasteiger partial charge in [0, 0.05) is 13.8 Å². The Kier molecular flexibility index (Phi) is 2.86. The van der Waals surface area contributed by atoms with E-state index in [0.717, 1.165) is 4.90 Å². The number of nitrogens with zero attached hydrogens (tertiary/aromatic N) is 1. The van der Waals surface area contributed by atoms with Crippen LogP contribution in [0.1, 0.15) is 13.8 Å². The van der Waals surface area contributed by atoms with Gasteiger partial charge in [-0.15, -0.1) is 0 Å². The van der Waals surface area contributed by atoms with Gasteiger partial charge in [0.1, 0.15) is 0 Å². The average Bonchev–Trinajstić information content (AvgIpc) is 2.07. The first-order valence-corrected chi connectivity index (χ1v) is 4.20. The summed E-state index contributed by atoms with van der Waals surface area (Å²) in [5.74, 6) is -0.675. The molecule has 0 aromatic heterocycles. The Balaban J connectivity index is 3.18. The molecule has 0 spiro atoms. The normalized spacial score (nSPS) is 9.57. The molecule has 4 heteroatoms. The third kappa shape index (κ3) is 1.90. The topological polar surface area (TPSA) is 63.4 Å². The molecule has 0 aliphatic carbocycles. The molecule has 74 valence electrons. The number of nitrogens with two attached hydrogens (primary N) is 1. The summed E-state index contributed by atoms with van der Waals surface area (Å²) in [6, 6.07) is 6.76. The Morgan fingerprint density at radius 2 is 1.64 bits per heavy atom. The zero-order chi connectivity index (χ0) is 10.7. The number of anilines is 2. The van der Waals surface area contributed by atoms with Crippen molar-refractivity contribution in [2.75, 3.05) is 10.6 Å². The highest BCUT2D eigenvalue weighted by Crippen LogP contribution is 2.22. The van der Waals surface area contributed by atoms with Gasteiger partial charge in [0.05, 0.1) is 11.4 Å². The van der Waals surface area contributed by atoms with E-state index in [0.29, 0.717) is 11.4 Å². The molecule has 0 atom stereocenters. The van der Waals surface area contributed by atoms with E-state index in [1.807, 2.05) is 0 Å². The lowest BCUT2D eigenvalue weighted by molar-refractivity contribution is -0.124. The number of amides is 2. The average molecular weight is 192 g/mol. The van der Waals surface area contributed by atoms with Crippen molar-refractivity contribution in [2.45, 2.75) is 13.8 Å². The van der Waals surface area contributed by atoms with Crippen LogP contribution in [0.2, 0.25) is 0 Å². The number of para-hydroxylation sites is 2. The fraction of sp³-hybridized carbons (Fsp3) is 0.200. The van der Waals surface area contributed by atoms with Crippen LogP contribution in [0.3, 0.4) is 0 Å². The summed E-state index contributed by atoms with van der Waals surface area (Å²) >= 11 is 0. The van der Waals surface area contributed by atoms with Gasteiger partial charge in [-0.05, 0) is 12.1 Å². The molecule has 2 amide bonds. The highest BCUT2D eigenvalue weighted by molar-refractivity contribution is 6.14. The van der Waals surface area contributed by atoms with E-state index in [9.17, 15) is 9.59 Å². The molecule has 0 heterocycles. The van der Waals surface area contributed by atoms with Crippen molar-refractivity contribution in [1.82, 2.24) is 0 Å². The Labute approximate surface area is 82.3 Å². The van der Waals surface area contributed by atoms with Crippen molar-refractivity contribution in [2.24, 2.45) is 0 Å². The van der Waals surface area contributed by atoms with Crippen LogP contribution in [-0.4, -0.2) is 11.8 Å². The summed E-state index contributed by atoms with van der Waals surface area (Å²) < 4.78 is 0. The number of rotatable bonds is 1. The summed E-state index contributed by atoms with van der Waals surface area (Å²) in [4.78, 5) is 23.4. The molecular formula is C10H12N2O2. The van der Waals surface area contributed by atoms with Crippen LogP contribution in [0.4, 0.5) is 11.4 Å². The highest BCUT2D eigenvalue weighted by Gasteiger charge is 2.17. The van der Waals surface area contributed by atoms with Crippen LogP contribution in [0.5, 0.6) is 0 Å². The van der Waals surface area contributed by atoms with Crippen LogP contribution in [-0.2, 0) is 9.59 Å². The van der Waals surface area contributed by atoms with Crippen LogP contribution in [0.15, 0.2) is 24.3 Å². The van der Waals surface area contributed by atoms with E-state index < -0.39 is 0 Å². The van der Waals surface area contributed by atoms with Crippen molar-refractivity contribution in [3.05, 3.63) is 24.3 Å². The molecule has 0 aliphatic rings.